The minimum absolute atomic E-state index is 0.0226. The summed E-state index contributed by atoms with van der Waals surface area (Å²) in [5.74, 6) is 0.361. The predicted octanol–water partition coefficient (Wildman–Crippen LogP) is 0.359. The van der Waals surface area contributed by atoms with E-state index < -0.39 is 0 Å². The number of hydrogen-bond acceptors (Lipinski definition) is 3. The highest BCUT2D eigenvalue weighted by Gasteiger charge is 2.24. The molecule has 1 saturated heterocycles. The van der Waals surface area contributed by atoms with E-state index in [0.29, 0.717) is 12.5 Å². The highest BCUT2D eigenvalue weighted by molar-refractivity contribution is 5.87. The van der Waals surface area contributed by atoms with E-state index >= 15 is 0 Å². The zero-order chi connectivity index (χ0) is 13.5. The topological polar surface area (TPSA) is 61.4 Å². The quantitative estimate of drug-likeness (QED) is 0.745. The molecule has 2 amide bonds. The minimum atomic E-state index is -0.110. The van der Waals surface area contributed by atoms with Crippen LogP contribution in [0.15, 0.2) is 0 Å². The first-order valence-electron chi connectivity index (χ1n) is 6.75. The SMILES string of the molecule is CC(C)CNC(=O)CN(C)C(=O)C1CCCCN1. The van der Waals surface area contributed by atoms with Crippen molar-refractivity contribution in [2.75, 3.05) is 26.7 Å². The van der Waals surface area contributed by atoms with Gasteiger partial charge >= 0.3 is 0 Å². The van der Waals surface area contributed by atoms with Crippen molar-refractivity contribution in [2.45, 2.75) is 39.2 Å². The zero-order valence-electron chi connectivity index (χ0n) is 11.7. The fraction of sp³-hybridized carbons (Fsp3) is 0.846. The van der Waals surface area contributed by atoms with Crippen LogP contribution in [-0.4, -0.2) is 49.4 Å². The number of amides is 2. The van der Waals surface area contributed by atoms with Crippen LogP contribution in [0, 0.1) is 5.92 Å². The van der Waals surface area contributed by atoms with Crippen LogP contribution in [0.2, 0.25) is 0 Å². The average molecular weight is 255 g/mol. The number of nitrogens with zero attached hydrogens (tertiary/aromatic N) is 1. The van der Waals surface area contributed by atoms with Crippen molar-refractivity contribution in [2.24, 2.45) is 5.92 Å². The molecule has 1 fully saturated rings. The first-order chi connectivity index (χ1) is 8.50. The molecule has 1 atom stereocenters. The van der Waals surface area contributed by atoms with Crippen molar-refractivity contribution >= 4 is 11.8 Å². The monoisotopic (exact) mass is 255 g/mol. The van der Waals surface area contributed by atoms with Crippen molar-refractivity contribution in [3.63, 3.8) is 0 Å². The van der Waals surface area contributed by atoms with Gasteiger partial charge in [0.05, 0.1) is 12.6 Å². The Bertz CT molecular complexity index is 286. The first-order valence-corrected chi connectivity index (χ1v) is 6.75. The Morgan fingerprint density at radius 3 is 2.67 bits per heavy atom. The molecule has 1 aliphatic heterocycles. The molecule has 0 aromatic heterocycles. The van der Waals surface area contributed by atoms with Crippen LogP contribution >= 0.6 is 0 Å². The van der Waals surface area contributed by atoms with Gasteiger partial charge in [-0.05, 0) is 25.3 Å². The van der Waals surface area contributed by atoms with Gasteiger partial charge in [-0.1, -0.05) is 20.3 Å². The Morgan fingerprint density at radius 2 is 2.11 bits per heavy atom. The third-order valence-corrected chi connectivity index (χ3v) is 3.07. The van der Waals surface area contributed by atoms with E-state index in [0.717, 1.165) is 25.8 Å². The molecule has 0 aromatic rings. The Morgan fingerprint density at radius 1 is 1.39 bits per heavy atom. The van der Waals surface area contributed by atoms with Gasteiger partial charge in [0.15, 0.2) is 0 Å². The van der Waals surface area contributed by atoms with Crippen LogP contribution < -0.4 is 10.6 Å². The van der Waals surface area contributed by atoms with Crippen LogP contribution in [0.5, 0.6) is 0 Å². The molecule has 1 aliphatic rings. The summed E-state index contributed by atoms with van der Waals surface area (Å²) in [4.78, 5) is 25.2. The lowest BCUT2D eigenvalue weighted by atomic mass is 10.0. The van der Waals surface area contributed by atoms with Gasteiger partial charge in [-0.15, -0.1) is 0 Å². The molecular weight excluding hydrogens is 230 g/mol. The van der Waals surface area contributed by atoms with Gasteiger partial charge in [0.25, 0.3) is 0 Å². The van der Waals surface area contributed by atoms with Gasteiger partial charge < -0.3 is 15.5 Å². The van der Waals surface area contributed by atoms with Gasteiger partial charge in [0, 0.05) is 13.6 Å². The maximum absolute atomic E-state index is 12.1. The lowest BCUT2D eigenvalue weighted by molar-refractivity contribution is -0.136. The van der Waals surface area contributed by atoms with Gasteiger partial charge in [-0.2, -0.15) is 0 Å². The molecule has 1 heterocycles. The summed E-state index contributed by atoms with van der Waals surface area (Å²) in [6, 6.07) is -0.110. The number of likely N-dealkylation sites (N-methyl/N-ethyl adjacent to an activating group) is 1. The maximum atomic E-state index is 12.1. The lowest BCUT2D eigenvalue weighted by Crippen LogP contribution is -2.49. The third kappa shape index (κ3) is 5.04. The van der Waals surface area contributed by atoms with E-state index in [2.05, 4.69) is 10.6 Å². The van der Waals surface area contributed by atoms with Crippen LogP contribution in [0.1, 0.15) is 33.1 Å². The molecule has 0 radical (unpaired) electrons. The predicted molar refractivity (Wildman–Crippen MR) is 71.1 cm³/mol. The molecular formula is C13H25N3O2. The Labute approximate surface area is 109 Å². The molecule has 0 aliphatic carbocycles. The standard InChI is InChI=1S/C13H25N3O2/c1-10(2)8-15-12(17)9-16(3)13(18)11-6-4-5-7-14-11/h10-11,14H,4-9H2,1-3H3,(H,15,17). The second-order valence-electron chi connectivity index (χ2n) is 5.39. The molecule has 0 spiro atoms. The molecule has 0 saturated carbocycles. The fourth-order valence-corrected chi connectivity index (χ4v) is 2.00. The highest BCUT2D eigenvalue weighted by atomic mass is 16.2. The first kappa shape index (κ1) is 15.0. The van der Waals surface area contributed by atoms with Crippen molar-refractivity contribution in [1.29, 1.82) is 0 Å². The molecule has 5 heteroatoms. The summed E-state index contributed by atoms with van der Waals surface area (Å²) < 4.78 is 0. The largest absolute Gasteiger partial charge is 0.354 e. The summed E-state index contributed by atoms with van der Waals surface area (Å²) in [5.41, 5.74) is 0. The maximum Gasteiger partial charge on any atom is 0.239 e. The molecule has 1 unspecified atom stereocenters. The number of carbonyl (C=O) groups excluding carboxylic acids is 2. The zero-order valence-corrected chi connectivity index (χ0v) is 11.7. The second-order valence-corrected chi connectivity index (χ2v) is 5.39. The van der Waals surface area contributed by atoms with Crippen molar-refractivity contribution < 1.29 is 9.59 Å². The molecule has 104 valence electrons. The summed E-state index contributed by atoms with van der Waals surface area (Å²) in [7, 11) is 1.69. The Balaban J connectivity index is 2.32. The number of nitrogens with one attached hydrogen (secondary N) is 2. The molecule has 18 heavy (non-hydrogen) atoms. The van der Waals surface area contributed by atoms with Gasteiger partial charge in [-0.25, -0.2) is 0 Å². The molecule has 1 rings (SSSR count). The van der Waals surface area contributed by atoms with E-state index in [9.17, 15) is 9.59 Å². The number of hydrogen-bond donors (Lipinski definition) is 2. The van der Waals surface area contributed by atoms with Gasteiger partial charge in [0.2, 0.25) is 11.8 Å². The van der Waals surface area contributed by atoms with Crippen molar-refractivity contribution in [3.8, 4) is 0 Å². The second kappa shape index (κ2) is 7.36. The molecule has 5 nitrogen and oxygen atoms in total. The van der Waals surface area contributed by atoms with Crippen LogP contribution in [-0.2, 0) is 9.59 Å². The minimum Gasteiger partial charge on any atom is -0.354 e. The molecule has 0 bridgehead atoms. The van der Waals surface area contributed by atoms with Crippen molar-refractivity contribution in [3.05, 3.63) is 0 Å². The van der Waals surface area contributed by atoms with Crippen LogP contribution in [0.25, 0.3) is 0 Å². The summed E-state index contributed by atoms with van der Waals surface area (Å²) in [6.45, 7) is 5.78. The fourth-order valence-electron chi connectivity index (χ4n) is 2.00. The van der Waals surface area contributed by atoms with Crippen molar-refractivity contribution in [1.82, 2.24) is 15.5 Å². The number of rotatable bonds is 5. The van der Waals surface area contributed by atoms with E-state index in [4.69, 9.17) is 0 Å². The van der Waals surface area contributed by atoms with Crippen LogP contribution in [0.3, 0.4) is 0 Å². The smallest absolute Gasteiger partial charge is 0.239 e. The average Bonchev–Trinajstić information content (AvgIpc) is 2.36. The molecule has 2 N–H and O–H groups in total. The number of carbonyl (C=O) groups is 2. The molecule has 0 aromatic carbocycles. The number of piperidine rings is 1. The van der Waals surface area contributed by atoms with E-state index in [1.807, 2.05) is 13.8 Å². The Kier molecular flexibility index (Phi) is 6.12. The van der Waals surface area contributed by atoms with E-state index in [1.165, 1.54) is 4.90 Å². The normalized spacial score (nSPS) is 19.7. The highest BCUT2D eigenvalue weighted by Crippen LogP contribution is 2.08. The van der Waals surface area contributed by atoms with E-state index in [1.54, 1.807) is 7.05 Å². The van der Waals surface area contributed by atoms with Gasteiger partial charge in [-0.3, -0.25) is 9.59 Å². The summed E-state index contributed by atoms with van der Waals surface area (Å²) in [5, 5.41) is 6.02. The van der Waals surface area contributed by atoms with E-state index in [-0.39, 0.29) is 24.4 Å². The third-order valence-electron chi connectivity index (χ3n) is 3.07. The summed E-state index contributed by atoms with van der Waals surface area (Å²) in [6.07, 6.45) is 3.08. The Hall–Kier alpha value is -1.10. The van der Waals surface area contributed by atoms with Gasteiger partial charge in [0.1, 0.15) is 0 Å². The summed E-state index contributed by atoms with van der Waals surface area (Å²) >= 11 is 0. The van der Waals surface area contributed by atoms with Crippen LogP contribution in [0.4, 0.5) is 0 Å². The lowest BCUT2D eigenvalue weighted by Gasteiger charge is -2.27.